The summed E-state index contributed by atoms with van der Waals surface area (Å²) >= 11 is 0. The number of amides is 1. The zero-order valence-electron chi connectivity index (χ0n) is 26.7. The average Bonchev–Trinajstić information content (AvgIpc) is 3.65. The van der Waals surface area contributed by atoms with E-state index >= 15 is 0 Å². The number of nitrogens with zero attached hydrogens (tertiary/aromatic N) is 5. The van der Waals surface area contributed by atoms with Crippen LogP contribution in [0.1, 0.15) is 45.1 Å². The highest BCUT2D eigenvalue weighted by Crippen LogP contribution is 2.35. The van der Waals surface area contributed by atoms with Gasteiger partial charge < -0.3 is 23.8 Å². The van der Waals surface area contributed by atoms with Crippen LogP contribution in [0.15, 0.2) is 69.8 Å². The molecule has 1 fully saturated rings. The summed E-state index contributed by atoms with van der Waals surface area (Å²) in [4.78, 5) is 21.6. The lowest BCUT2D eigenvalue weighted by Crippen LogP contribution is -2.40. The third kappa shape index (κ3) is 7.73. The topological polar surface area (TPSA) is 131 Å². The lowest BCUT2D eigenvalue weighted by Gasteiger charge is -2.29. The van der Waals surface area contributed by atoms with Crippen LogP contribution in [0.4, 0.5) is 0 Å². The van der Waals surface area contributed by atoms with Gasteiger partial charge in [0.25, 0.3) is 10.0 Å². The van der Waals surface area contributed by atoms with Crippen LogP contribution in [0, 0.1) is 0 Å². The number of aromatic nitrogens is 2. The molecule has 0 spiro atoms. The maximum absolute atomic E-state index is 13.4. The molecule has 2 aliphatic heterocycles. The average molecular weight is 674 g/mol. The highest BCUT2D eigenvalue weighted by Gasteiger charge is 2.32. The van der Waals surface area contributed by atoms with Gasteiger partial charge in [0.2, 0.25) is 22.5 Å². The Hall–Kier alpha value is -3.46. The summed E-state index contributed by atoms with van der Waals surface area (Å²) < 4.78 is 66.3. The van der Waals surface area contributed by atoms with Crippen LogP contribution >= 0.6 is 0 Å². The molecule has 3 aromatic rings. The van der Waals surface area contributed by atoms with Gasteiger partial charge in [0.15, 0.2) is 16.5 Å². The number of benzene rings is 2. The molecule has 1 unspecified atom stereocenters. The molecular formula is C32H43N5O7S2. The lowest BCUT2D eigenvalue weighted by molar-refractivity contribution is -0.130. The minimum atomic E-state index is -3.82. The van der Waals surface area contributed by atoms with Gasteiger partial charge in [-0.05, 0) is 81.9 Å². The zero-order chi connectivity index (χ0) is 32.9. The molecule has 3 heterocycles. The Kier molecular flexibility index (Phi) is 10.7. The first kappa shape index (κ1) is 33.9. The maximum Gasteiger partial charge on any atom is 0.262 e. The second kappa shape index (κ2) is 14.5. The number of aryl methyl sites for hydroxylation is 1. The van der Waals surface area contributed by atoms with Crippen molar-refractivity contribution in [2.75, 3.05) is 46.1 Å². The van der Waals surface area contributed by atoms with Crippen molar-refractivity contribution in [2.45, 2.75) is 66.8 Å². The molecule has 1 saturated heterocycles. The number of unbranched alkanes of at least 4 members (excludes halogenated alkanes) is 1. The molecule has 0 bridgehead atoms. The molecule has 1 amide bonds. The van der Waals surface area contributed by atoms with Crippen LogP contribution in [0.2, 0.25) is 0 Å². The van der Waals surface area contributed by atoms with E-state index < -0.39 is 19.9 Å². The van der Waals surface area contributed by atoms with Gasteiger partial charge in [0.1, 0.15) is 0 Å². The fourth-order valence-electron chi connectivity index (χ4n) is 5.94. The fraction of sp³-hybridized carbons (Fsp3) is 0.500. The molecular weight excluding hydrogens is 631 g/mol. The van der Waals surface area contributed by atoms with Crippen LogP contribution in [0.25, 0.3) is 0 Å². The first-order valence-electron chi connectivity index (χ1n) is 15.7. The number of carbonyl (C=O) groups is 1. The van der Waals surface area contributed by atoms with Crippen molar-refractivity contribution < 1.29 is 31.1 Å². The molecule has 1 atom stereocenters. The van der Waals surface area contributed by atoms with Crippen LogP contribution in [0.5, 0.6) is 11.5 Å². The Morgan fingerprint density at radius 1 is 0.978 bits per heavy atom. The number of carbonyl (C=O) groups excluding carboxylic acids is 1. The Morgan fingerprint density at radius 2 is 1.76 bits per heavy atom. The molecule has 46 heavy (non-hydrogen) atoms. The molecule has 2 aliphatic rings. The number of fused-ring (bicyclic) bond motifs is 1. The molecule has 250 valence electrons. The van der Waals surface area contributed by atoms with Gasteiger partial charge in [0, 0.05) is 45.0 Å². The first-order valence-corrected chi connectivity index (χ1v) is 18.6. The summed E-state index contributed by atoms with van der Waals surface area (Å²) in [6, 6.07) is 12.0. The molecule has 14 heteroatoms. The highest BCUT2D eigenvalue weighted by atomic mass is 32.2. The smallest absolute Gasteiger partial charge is 0.262 e. The normalized spacial score (nSPS) is 16.6. The second-order valence-corrected chi connectivity index (χ2v) is 15.7. The van der Waals surface area contributed by atoms with Crippen LogP contribution < -0.4 is 9.47 Å². The number of imidazole rings is 1. The third-order valence-corrected chi connectivity index (χ3v) is 11.9. The summed E-state index contributed by atoms with van der Waals surface area (Å²) in [5.41, 5.74) is 0.941. The predicted octanol–water partition coefficient (Wildman–Crippen LogP) is 3.33. The minimum absolute atomic E-state index is 0.0422. The lowest BCUT2D eigenvalue weighted by atomic mass is 10.1. The van der Waals surface area contributed by atoms with Crippen LogP contribution in [-0.2, 0) is 38.1 Å². The number of sulfone groups is 1. The fourth-order valence-corrected chi connectivity index (χ4v) is 8.68. The summed E-state index contributed by atoms with van der Waals surface area (Å²) in [6.45, 7) is 7.31. The van der Waals surface area contributed by atoms with Gasteiger partial charge in [0.05, 0.1) is 22.7 Å². The first-order chi connectivity index (χ1) is 22.0. The van der Waals surface area contributed by atoms with Crippen molar-refractivity contribution >= 4 is 25.8 Å². The molecule has 5 rings (SSSR count). The van der Waals surface area contributed by atoms with Gasteiger partial charge in [-0.15, -0.1) is 0 Å². The van der Waals surface area contributed by atoms with E-state index in [4.69, 9.17) is 9.47 Å². The molecule has 2 aromatic carbocycles. The third-order valence-electron chi connectivity index (χ3n) is 8.44. The number of hydrogen-bond acceptors (Lipinski definition) is 9. The van der Waals surface area contributed by atoms with E-state index in [2.05, 4.69) is 23.7 Å². The maximum atomic E-state index is 13.4. The Bertz CT molecular complexity index is 1740. The van der Waals surface area contributed by atoms with Gasteiger partial charge in [-0.25, -0.2) is 21.8 Å². The van der Waals surface area contributed by atoms with Crippen molar-refractivity contribution in [2.24, 2.45) is 7.05 Å². The largest absolute Gasteiger partial charge is 0.454 e. The summed E-state index contributed by atoms with van der Waals surface area (Å²) in [6.07, 6.45) is 6.80. The second-order valence-electron chi connectivity index (χ2n) is 11.9. The summed E-state index contributed by atoms with van der Waals surface area (Å²) in [5.74, 6) is 0.775. The zero-order valence-corrected chi connectivity index (χ0v) is 28.3. The number of hydrogen-bond donors (Lipinski definition) is 0. The van der Waals surface area contributed by atoms with E-state index in [1.165, 1.54) is 22.9 Å². The van der Waals surface area contributed by atoms with Gasteiger partial charge in [-0.1, -0.05) is 19.1 Å². The quantitative estimate of drug-likeness (QED) is 0.237. The summed E-state index contributed by atoms with van der Waals surface area (Å²) in [7, 11) is -5.85. The van der Waals surface area contributed by atoms with E-state index in [0.717, 1.165) is 37.9 Å². The van der Waals surface area contributed by atoms with Crippen molar-refractivity contribution in [1.82, 2.24) is 23.7 Å². The van der Waals surface area contributed by atoms with Crippen LogP contribution in [0.3, 0.4) is 0 Å². The molecule has 0 radical (unpaired) electrons. The highest BCUT2D eigenvalue weighted by molar-refractivity contribution is 7.91. The van der Waals surface area contributed by atoms with Gasteiger partial charge in [-0.2, -0.15) is 4.31 Å². The monoisotopic (exact) mass is 673 g/mol. The van der Waals surface area contributed by atoms with E-state index in [0.29, 0.717) is 37.4 Å². The Labute approximate surface area is 271 Å². The summed E-state index contributed by atoms with van der Waals surface area (Å²) in [5, 5.41) is -0.0422. The molecule has 1 aromatic heterocycles. The molecule has 0 saturated carbocycles. The Morgan fingerprint density at radius 3 is 2.52 bits per heavy atom. The Balaban J connectivity index is 1.14. The number of rotatable bonds is 14. The van der Waals surface area contributed by atoms with Crippen LogP contribution in [-0.4, -0.2) is 98.5 Å². The van der Waals surface area contributed by atoms with E-state index in [1.54, 1.807) is 46.8 Å². The predicted molar refractivity (Wildman–Crippen MR) is 172 cm³/mol. The van der Waals surface area contributed by atoms with Crippen molar-refractivity contribution in [3.63, 3.8) is 0 Å². The molecule has 0 N–H and O–H groups in total. The van der Waals surface area contributed by atoms with Crippen molar-refractivity contribution in [3.8, 4) is 11.5 Å². The standard InChI is InChI=1S/C32H43N5O7S2/c1-4-13-35(14-5-6-15-36-16-8-17-37(22-32(36)38)46(41,42)31-21-34(3)23-33-31)25(2)18-26-9-7-10-27(19-26)45(39,40)28-11-12-29-30(20-28)44-24-43-29/h7,9-12,19-21,23,25H,4-6,8,13-18,22,24H2,1-3H3. The number of ether oxygens (including phenoxy) is 2. The molecule has 0 aliphatic carbocycles. The SMILES string of the molecule is CCCN(CCCCN1CCCN(S(=O)(=O)c2cn(C)cn2)CC1=O)C(C)Cc1cccc(S(=O)(=O)c2ccc3c(c2)OCO3)c1. The van der Waals surface area contributed by atoms with Gasteiger partial charge >= 0.3 is 0 Å². The van der Waals surface area contributed by atoms with Crippen molar-refractivity contribution in [3.05, 3.63) is 60.6 Å². The van der Waals surface area contributed by atoms with Gasteiger partial charge in [-0.3, -0.25) is 4.79 Å². The minimum Gasteiger partial charge on any atom is -0.454 e. The van der Waals surface area contributed by atoms with E-state index in [9.17, 15) is 21.6 Å². The molecule has 12 nitrogen and oxygen atoms in total. The van der Waals surface area contributed by atoms with E-state index in [-0.39, 0.29) is 46.6 Å². The van der Waals surface area contributed by atoms with Crippen molar-refractivity contribution in [1.29, 1.82) is 0 Å². The van der Waals surface area contributed by atoms with E-state index in [1.807, 2.05) is 6.07 Å². The number of sulfonamides is 1.